The van der Waals surface area contributed by atoms with Crippen LogP contribution in [0.3, 0.4) is 0 Å². The molecule has 1 fully saturated rings. The molecule has 9 heteroatoms. The Balaban J connectivity index is 1.32. The zero-order valence-electron chi connectivity index (χ0n) is 19.0. The SMILES string of the molecule is O=C(CNC(=O)c1cccc(S(=O)(=O)Nc2ccc(OCc3ccccc3)cc2)c1)OCC1CC1. The van der Waals surface area contributed by atoms with E-state index in [9.17, 15) is 18.0 Å². The van der Waals surface area contributed by atoms with Crippen LogP contribution in [0.5, 0.6) is 5.75 Å². The second-order valence-electron chi connectivity index (χ2n) is 8.24. The number of rotatable bonds is 11. The molecule has 0 aromatic heterocycles. The van der Waals surface area contributed by atoms with Crippen LogP contribution >= 0.6 is 0 Å². The van der Waals surface area contributed by atoms with E-state index in [1.807, 2.05) is 30.3 Å². The fourth-order valence-corrected chi connectivity index (χ4v) is 4.28. The number of carbonyl (C=O) groups is 2. The Hall–Kier alpha value is -3.85. The van der Waals surface area contributed by atoms with Gasteiger partial charge < -0.3 is 14.8 Å². The highest BCUT2D eigenvalue weighted by atomic mass is 32.2. The molecule has 8 nitrogen and oxygen atoms in total. The van der Waals surface area contributed by atoms with E-state index in [-0.39, 0.29) is 17.0 Å². The zero-order valence-corrected chi connectivity index (χ0v) is 19.8. The van der Waals surface area contributed by atoms with Crippen molar-refractivity contribution < 1.29 is 27.5 Å². The van der Waals surface area contributed by atoms with Crippen molar-refractivity contribution >= 4 is 27.6 Å². The summed E-state index contributed by atoms with van der Waals surface area (Å²) in [5.41, 5.74) is 1.49. The van der Waals surface area contributed by atoms with Gasteiger partial charge in [-0.15, -0.1) is 0 Å². The van der Waals surface area contributed by atoms with Gasteiger partial charge in [0.2, 0.25) is 0 Å². The summed E-state index contributed by atoms with van der Waals surface area (Å²) in [6, 6.07) is 21.8. The number of carbonyl (C=O) groups excluding carboxylic acids is 2. The summed E-state index contributed by atoms with van der Waals surface area (Å²) >= 11 is 0. The van der Waals surface area contributed by atoms with Crippen molar-refractivity contribution in [2.45, 2.75) is 24.3 Å². The maximum Gasteiger partial charge on any atom is 0.325 e. The first-order chi connectivity index (χ1) is 16.9. The number of anilines is 1. The minimum atomic E-state index is -3.94. The van der Waals surface area contributed by atoms with Gasteiger partial charge in [0.1, 0.15) is 18.9 Å². The lowest BCUT2D eigenvalue weighted by Gasteiger charge is -2.11. The molecule has 3 aromatic rings. The molecule has 1 aliphatic rings. The highest BCUT2D eigenvalue weighted by Gasteiger charge is 2.23. The quantitative estimate of drug-likeness (QED) is 0.393. The summed E-state index contributed by atoms with van der Waals surface area (Å²) in [7, 11) is -3.94. The predicted octanol–water partition coefficient (Wildman–Crippen LogP) is 3.75. The second kappa shape index (κ2) is 11.1. The van der Waals surface area contributed by atoms with Gasteiger partial charge in [-0.25, -0.2) is 8.42 Å². The lowest BCUT2D eigenvalue weighted by Crippen LogP contribution is -2.31. The highest BCUT2D eigenvalue weighted by Crippen LogP contribution is 2.28. The fraction of sp³-hybridized carbons (Fsp3) is 0.231. The van der Waals surface area contributed by atoms with Crippen molar-refractivity contribution in [3.8, 4) is 5.75 Å². The molecule has 0 unspecified atom stereocenters. The summed E-state index contributed by atoms with van der Waals surface area (Å²) < 4.78 is 39.0. The van der Waals surface area contributed by atoms with Gasteiger partial charge in [-0.2, -0.15) is 0 Å². The molecular formula is C26H26N2O6S. The summed E-state index contributed by atoms with van der Waals surface area (Å²) in [5, 5.41) is 2.46. The first-order valence-electron chi connectivity index (χ1n) is 11.2. The van der Waals surface area contributed by atoms with Crippen molar-refractivity contribution in [3.05, 3.63) is 90.0 Å². The Morgan fingerprint density at radius 3 is 2.37 bits per heavy atom. The van der Waals surface area contributed by atoms with E-state index in [1.165, 1.54) is 24.3 Å². The van der Waals surface area contributed by atoms with E-state index in [0.717, 1.165) is 18.4 Å². The standard InChI is InChI=1S/C26H26N2O6S/c29-25(34-18-20-9-10-20)16-27-26(30)21-7-4-8-24(15-21)35(31,32)28-22-11-13-23(14-12-22)33-17-19-5-2-1-3-6-19/h1-8,11-15,20,28H,9-10,16-18H2,(H,27,30). The van der Waals surface area contributed by atoms with Crippen LogP contribution in [0.25, 0.3) is 0 Å². The number of benzene rings is 3. The first kappa shape index (κ1) is 24.3. The molecule has 4 rings (SSSR count). The third kappa shape index (κ3) is 7.31. The number of esters is 1. The second-order valence-corrected chi connectivity index (χ2v) is 9.92. The van der Waals surface area contributed by atoms with Gasteiger partial charge in [0.25, 0.3) is 15.9 Å². The number of ether oxygens (including phenoxy) is 2. The molecule has 0 atom stereocenters. The molecule has 1 aliphatic carbocycles. The normalized spacial score (nSPS) is 13.0. The van der Waals surface area contributed by atoms with Gasteiger partial charge in [-0.1, -0.05) is 36.4 Å². The topological polar surface area (TPSA) is 111 Å². The van der Waals surface area contributed by atoms with Crippen molar-refractivity contribution in [2.24, 2.45) is 5.92 Å². The lowest BCUT2D eigenvalue weighted by molar-refractivity contribution is -0.142. The molecule has 1 amide bonds. The molecule has 0 heterocycles. The number of sulfonamides is 1. The molecular weight excluding hydrogens is 468 g/mol. The third-order valence-corrected chi connectivity index (χ3v) is 6.71. The predicted molar refractivity (Wildman–Crippen MR) is 130 cm³/mol. The minimum Gasteiger partial charge on any atom is -0.489 e. The van der Waals surface area contributed by atoms with Crippen molar-refractivity contribution in [3.63, 3.8) is 0 Å². The summed E-state index contributed by atoms with van der Waals surface area (Å²) in [6.45, 7) is 0.493. The van der Waals surface area contributed by atoms with E-state index in [4.69, 9.17) is 9.47 Å². The zero-order chi connectivity index (χ0) is 24.7. The molecule has 182 valence electrons. The van der Waals surface area contributed by atoms with E-state index in [2.05, 4.69) is 10.0 Å². The van der Waals surface area contributed by atoms with Gasteiger partial charge in [-0.3, -0.25) is 14.3 Å². The first-order valence-corrected chi connectivity index (χ1v) is 12.7. The van der Waals surface area contributed by atoms with Crippen LogP contribution in [0.1, 0.15) is 28.8 Å². The maximum atomic E-state index is 12.8. The van der Waals surface area contributed by atoms with Crippen LogP contribution in [0, 0.1) is 5.92 Å². The number of hydrogen-bond acceptors (Lipinski definition) is 6. The van der Waals surface area contributed by atoms with E-state index in [1.54, 1.807) is 24.3 Å². The van der Waals surface area contributed by atoms with Gasteiger partial charge >= 0.3 is 5.97 Å². The van der Waals surface area contributed by atoms with Gasteiger partial charge in [0.15, 0.2) is 0 Å². The molecule has 2 N–H and O–H groups in total. The van der Waals surface area contributed by atoms with Crippen LogP contribution in [0.2, 0.25) is 0 Å². The summed E-state index contributed by atoms with van der Waals surface area (Å²) in [4.78, 5) is 24.0. The lowest BCUT2D eigenvalue weighted by atomic mass is 10.2. The van der Waals surface area contributed by atoms with Gasteiger partial charge in [0, 0.05) is 11.3 Å². The van der Waals surface area contributed by atoms with Crippen LogP contribution in [-0.4, -0.2) is 33.4 Å². The summed E-state index contributed by atoms with van der Waals surface area (Å²) in [6.07, 6.45) is 2.11. The molecule has 0 spiro atoms. The Bertz CT molecular complexity index is 1270. The van der Waals surface area contributed by atoms with Crippen molar-refractivity contribution in [1.29, 1.82) is 0 Å². The largest absolute Gasteiger partial charge is 0.489 e. The molecule has 1 saturated carbocycles. The molecule has 35 heavy (non-hydrogen) atoms. The molecule has 0 bridgehead atoms. The molecule has 0 saturated heterocycles. The Morgan fingerprint density at radius 1 is 0.914 bits per heavy atom. The van der Waals surface area contributed by atoms with E-state index in [0.29, 0.717) is 30.6 Å². The van der Waals surface area contributed by atoms with Crippen molar-refractivity contribution in [1.82, 2.24) is 5.32 Å². The number of hydrogen-bond donors (Lipinski definition) is 2. The molecule has 0 aliphatic heterocycles. The average molecular weight is 495 g/mol. The Labute approximate surface area is 204 Å². The van der Waals surface area contributed by atoms with E-state index >= 15 is 0 Å². The molecule has 3 aromatic carbocycles. The minimum absolute atomic E-state index is 0.0779. The number of nitrogens with one attached hydrogen (secondary N) is 2. The monoisotopic (exact) mass is 494 g/mol. The summed E-state index contributed by atoms with van der Waals surface area (Å²) in [5.74, 6) is -0.0505. The highest BCUT2D eigenvalue weighted by molar-refractivity contribution is 7.92. The van der Waals surface area contributed by atoms with Crippen LogP contribution in [0.4, 0.5) is 5.69 Å². The van der Waals surface area contributed by atoms with E-state index < -0.39 is 21.9 Å². The van der Waals surface area contributed by atoms with Crippen molar-refractivity contribution in [2.75, 3.05) is 17.9 Å². The Kier molecular flexibility index (Phi) is 7.67. The smallest absolute Gasteiger partial charge is 0.325 e. The number of amides is 1. The third-order valence-electron chi connectivity index (χ3n) is 5.33. The van der Waals surface area contributed by atoms with Gasteiger partial charge in [-0.05, 0) is 66.8 Å². The van der Waals surface area contributed by atoms with Crippen LogP contribution < -0.4 is 14.8 Å². The Morgan fingerprint density at radius 2 is 1.66 bits per heavy atom. The average Bonchev–Trinajstić information content (AvgIpc) is 3.71. The van der Waals surface area contributed by atoms with Crippen LogP contribution in [-0.2, 0) is 26.2 Å². The fourth-order valence-electron chi connectivity index (χ4n) is 3.18. The van der Waals surface area contributed by atoms with Crippen LogP contribution in [0.15, 0.2) is 83.8 Å². The maximum absolute atomic E-state index is 12.8. The van der Waals surface area contributed by atoms with Gasteiger partial charge in [0.05, 0.1) is 11.5 Å². The molecule has 0 radical (unpaired) electrons.